The molecule has 2 N–H and O–H groups in total. The van der Waals surface area contributed by atoms with Crippen LogP contribution in [0, 0.1) is 10.1 Å². The first kappa shape index (κ1) is 21.1. The highest BCUT2D eigenvalue weighted by molar-refractivity contribution is 6.35. The third-order valence-electron chi connectivity index (χ3n) is 5.08. The first-order valence-electron chi connectivity index (χ1n) is 9.13. The maximum Gasteiger partial charge on any atom is 0.281 e. The van der Waals surface area contributed by atoms with Gasteiger partial charge < -0.3 is 15.2 Å². The van der Waals surface area contributed by atoms with Crippen molar-refractivity contribution < 1.29 is 29.2 Å². The lowest BCUT2D eigenvalue weighted by atomic mass is 9.86. The largest absolute Gasteiger partial charge is 0.496 e. The number of hydrogen-bond donors (Lipinski definition) is 2. The number of methoxy groups -OCH3 is 1. The van der Waals surface area contributed by atoms with Gasteiger partial charge in [0.25, 0.3) is 5.69 Å². The van der Waals surface area contributed by atoms with Gasteiger partial charge in [0.15, 0.2) is 0 Å². The lowest BCUT2D eigenvalue weighted by Gasteiger charge is -2.23. The van der Waals surface area contributed by atoms with Gasteiger partial charge in [0.05, 0.1) is 23.3 Å². The van der Waals surface area contributed by atoms with Crippen LogP contribution in [-0.4, -0.2) is 34.6 Å². The normalized spacial score (nSPS) is 17.8. The van der Waals surface area contributed by atoms with Gasteiger partial charge in [0, 0.05) is 18.6 Å². The molecule has 2 aromatic rings. The number of nitro benzene ring substituents is 1. The summed E-state index contributed by atoms with van der Waals surface area (Å²) in [5.74, 6) is -2.53. The number of fused-ring (bicyclic) bond motifs is 1. The summed E-state index contributed by atoms with van der Waals surface area (Å²) in [5.41, 5.74) is -3.66. The molecular formula is C21H20N2O7. The molecule has 1 amide bonds. The zero-order valence-corrected chi connectivity index (χ0v) is 16.8. The molecule has 0 fully saturated rings. The highest BCUT2D eigenvalue weighted by Gasteiger charge is 2.58. The second-order valence-corrected chi connectivity index (χ2v) is 7.30. The average Bonchev–Trinajstić information content (AvgIpc) is 2.89. The van der Waals surface area contributed by atoms with Gasteiger partial charge in [-0.25, -0.2) is 0 Å². The van der Waals surface area contributed by atoms with E-state index in [-0.39, 0.29) is 22.9 Å². The number of carbonyl (C=O) groups is 3. The minimum atomic E-state index is -2.72. The van der Waals surface area contributed by atoms with Crippen molar-refractivity contribution in [3.8, 4) is 5.75 Å². The van der Waals surface area contributed by atoms with E-state index in [4.69, 9.17) is 4.74 Å². The molecule has 1 aliphatic rings. The molecule has 0 saturated carbocycles. The zero-order chi connectivity index (χ0) is 22.4. The van der Waals surface area contributed by atoms with Crippen LogP contribution in [0.3, 0.4) is 0 Å². The summed E-state index contributed by atoms with van der Waals surface area (Å²) in [6.07, 6.45) is 0. The van der Waals surface area contributed by atoms with Gasteiger partial charge in [-0.15, -0.1) is 0 Å². The van der Waals surface area contributed by atoms with Crippen molar-refractivity contribution >= 4 is 28.8 Å². The van der Waals surface area contributed by atoms with Crippen LogP contribution in [0.25, 0.3) is 0 Å². The Bertz CT molecular complexity index is 1110. The molecule has 9 nitrogen and oxygen atoms in total. The SMILES string of the molecule is COc1cc(C(C)C)ccc1C1(O)C(=O)c2c(NC(C)=O)ccc([N+](=O)[O-])c2C1=O. The summed E-state index contributed by atoms with van der Waals surface area (Å²) >= 11 is 0. The number of benzene rings is 2. The Morgan fingerprint density at radius 3 is 2.33 bits per heavy atom. The fourth-order valence-corrected chi connectivity index (χ4v) is 3.58. The molecule has 9 heteroatoms. The van der Waals surface area contributed by atoms with Crippen LogP contribution >= 0.6 is 0 Å². The lowest BCUT2D eigenvalue weighted by molar-refractivity contribution is -0.385. The number of ketones is 2. The molecule has 2 aromatic carbocycles. The van der Waals surface area contributed by atoms with E-state index in [1.54, 1.807) is 12.1 Å². The van der Waals surface area contributed by atoms with Crippen molar-refractivity contribution in [2.45, 2.75) is 32.3 Å². The maximum absolute atomic E-state index is 13.3. The first-order valence-corrected chi connectivity index (χ1v) is 9.13. The van der Waals surface area contributed by atoms with E-state index < -0.39 is 44.8 Å². The Morgan fingerprint density at radius 2 is 1.80 bits per heavy atom. The van der Waals surface area contributed by atoms with Gasteiger partial charge in [-0.05, 0) is 23.6 Å². The van der Waals surface area contributed by atoms with Crippen LogP contribution in [0.4, 0.5) is 11.4 Å². The minimum Gasteiger partial charge on any atom is -0.496 e. The lowest BCUT2D eigenvalue weighted by Crippen LogP contribution is -2.38. The molecule has 0 aliphatic heterocycles. The van der Waals surface area contributed by atoms with Crippen molar-refractivity contribution in [2.75, 3.05) is 12.4 Å². The number of hydrogen-bond acceptors (Lipinski definition) is 7. The van der Waals surface area contributed by atoms with E-state index in [9.17, 15) is 29.6 Å². The molecule has 1 aliphatic carbocycles. The monoisotopic (exact) mass is 412 g/mol. The van der Waals surface area contributed by atoms with Crippen molar-refractivity contribution in [1.29, 1.82) is 0 Å². The van der Waals surface area contributed by atoms with Gasteiger partial charge in [0.1, 0.15) is 11.3 Å². The molecule has 0 bridgehead atoms. The molecular weight excluding hydrogens is 392 g/mol. The van der Waals surface area contributed by atoms with E-state index in [2.05, 4.69) is 5.32 Å². The van der Waals surface area contributed by atoms with Gasteiger partial charge in [-0.1, -0.05) is 26.0 Å². The molecule has 3 rings (SSSR count). The smallest absolute Gasteiger partial charge is 0.281 e. The van der Waals surface area contributed by atoms with Crippen LogP contribution < -0.4 is 10.1 Å². The summed E-state index contributed by atoms with van der Waals surface area (Å²) in [4.78, 5) is 48.7. The summed E-state index contributed by atoms with van der Waals surface area (Å²) in [5, 5.41) is 25.2. The van der Waals surface area contributed by atoms with Gasteiger partial charge in [-0.2, -0.15) is 0 Å². The van der Waals surface area contributed by atoms with Crippen LogP contribution in [0.15, 0.2) is 30.3 Å². The first-order chi connectivity index (χ1) is 14.0. The number of nitrogens with zero attached hydrogens (tertiary/aromatic N) is 1. The standard InChI is InChI=1S/C21H20N2O7/c1-10(2)12-5-6-13(16(9-12)30-4)21(27)19(25)17-14(22-11(3)24)7-8-15(23(28)29)18(17)20(21)26/h5-10,27H,1-4H3,(H,22,24). The molecule has 0 radical (unpaired) electrons. The van der Waals surface area contributed by atoms with Crippen LogP contribution in [0.1, 0.15) is 58.5 Å². The van der Waals surface area contributed by atoms with Crippen molar-refractivity contribution in [3.05, 3.63) is 62.7 Å². The molecule has 1 unspecified atom stereocenters. The van der Waals surface area contributed by atoms with Crippen LogP contribution in [0.2, 0.25) is 0 Å². The average molecular weight is 412 g/mol. The zero-order valence-electron chi connectivity index (χ0n) is 16.8. The number of Topliss-reactive ketones (excluding diaryl/α,β-unsaturated/α-hetero) is 2. The van der Waals surface area contributed by atoms with Crippen molar-refractivity contribution in [2.24, 2.45) is 0 Å². The summed E-state index contributed by atoms with van der Waals surface area (Å²) < 4.78 is 5.31. The summed E-state index contributed by atoms with van der Waals surface area (Å²) in [6, 6.07) is 6.83. The van der Waals surface area contributed by atoms with Crippen LogP contribution in [-0.2, 0) is 10.4 Å². The molecule has 0 aromatic heterocycles. The van der Waals surface area contributed by atoms with Gasteiger partial charge >= 0.3 is 0 Å². The number of nitrogens with one attached hydrogen (secondary N) is 1. The number of ether oxygens (including phenoxy) is 1. The number of rotatable bonds is 5. The fraction of sp³-hybridized carbons (Fsp3) is 0.286. The predicted molar refractivity (Wildman–Crippen MR) is 107 cm³/mol. The predicted octanol–water partition coefficient (Wildman–Crippen LogP) is 2.95. The molecule has 0 heterocycles. The topological polar surface area (TPSA) is 136 Å². The number of anilines is 1. The highest BCUT2D eigenvalue weighted by Crippen LogP contribution is 2.47. The Balaban J connectivity index is 2.30. The van der Waals surface area contributed by atoms with E-state index >= 15 is 0 Å². The van der Waals surface area contributed by atoms with E-state index in [1.165, 1.54) is 20.1 Å². The Hall–Kier alpha value is -3.59. The summed E-state index contributed by atoms with van der Waals surface area (Å²) in [7, 11) is 1.33. The van der Waals surface area contributed by atoms with E-state index in [0.29, 0.717) is 0 Å². The Kier molecular flexibility index (Phi) is 5.17. The van der Waals surface area contributed by atoms with Crippen LogP contribution in [0.5, 0.6) is 5.75 Å². The number of amides is 1. The summed E-state index contributed by atoms with van der Waals surface area (Å²) in [6.45, 7) is 5.07. The number of carbonyl (C=O) groups excluding carboxylic acids is 3. The third-order valence-corrected chi connectivity index (χ3v) is 5.08. The molecule has 0 spiro atoms. The second-order valence-electron chi connectivity index (χ2n) is 7.30. The molecule has 156 valence electrons. The van der Waals surface area contributed by atoms with Crippen molar-refractivity contribution in [1.82, 2.24) is 0 Å². The third kappa shape index (κ3) is 3.03. The van der Waals surface area contributed by atoms with E-state index in [0.717, 1.165) is 17.7 Å². The Morgan fingerprint density at radius 1 is 1.17 bits per heavy atom. The molecule has 30 heavy (non-hydrogen) atoms. The molecule has 0 saturated heterocycles. The van der Waals surface area contributed by atoms with Crippen molar-refractivity contribution in [3.63, 3.8) is 0 Å². The second kappa shape index (κ2) is 7.34. The highest BCUT2D eigenvalue weighted by atomic mass is 16.6. The Labute approximate surface area is 171 Å². The fourth-order valence-electron chi connectivity index (χ4n) is 3.58. The molecule has 1 atom stereocenters. The quantitative estimate of drug-likeness (QED) is 0.438. The van der Waals surface area contributed by atoms with Gasteiger partial charge in [0.2, 0.25) is 23.1 Å². The number of nitro groups is 1. The van der Waals surface area contributed by atoms with E-state index in [1.807, 2.05) is 13.8 Å². The maximum atomic E-state index is 13.3. The van der Waals surface area contributed by atoms with Gasteiger partial charge in [-0.3, -0.25) is 24.5 Å². The number of aliphatic hydroxyl groups is 1. The minimum absolute atomic E-state index is 0.0878.